The number of aliphatic hydroxyl groups is 1. The van der Waals surface area contributed by atoms with E-state index in [1.165, 1.54) is 25.7 Å². The highest BCUT2D eigenvalue weighted by atomic mass is 16.3. The summed E-state index contributed by atoms with van der Waals surface area (Å²) in [4.78, 5) is 12.1. The molecule has 116 valence electrons. The van der Waals surface area contributed by atoms with Gasteiger partial charge in [-0.1, -0.05) is 13.8 Å². The summed E-state index contributed by atoms with van der Waals surface area (Å²) in [6.07, 6.45) is 9.83. The maximum Gasteiger partial charge on any atom is 0.220 e. The van der Waals surface area contributed by atoms with E-state index in [1.807, 2.05) is 0 Å². The largest absolute Gasteiger partial charge is 0.396 e. The van der Waals surface area contributed by atoms with E-state index in [9.17, 15) is 4.79 Å². The molecule has 0 aromatic heterocycles. The molecule has 2 fully saturated rings. The smallest absolute Gasteiger partial charge is 0.220 e. The summed E-state index contributed by atoms with van der Waals surface area (Å²) in [5.74, 6) is 1.31. The predicted molar refractivity (Wildman–Crippen MR) is 81.3 cm³/mol. The van der Waals surface area contributed by atoms with Crippen molar-refractivity contribution in [3.63, 3.8) is 0 Å². The summed E-state index contributed by atoms with van der Waals surface area (Å²) in [5.41, 5.74) is 0.482. The van der Waals surface area contributed by atoms with E-state index in [2.05, 4.69) is 19.2 Å². The van der Waals surface area contributed by atoms with E-state index < -0.39 is 0 Å². The standard InChI is InChI=1S/C17H31NO2/c1-17(2)9-7-13(8-10-17)11-16(20)18-15-5-3-14(12-19)4-6-15/h13-15,19H,3-12H2,1-2H3,(H,18,20). The van der Waals surface area contributed by atoms with Crippen LogP contribution in [0.4, 0.5) is 0 Å². The fourth-order valence-corrected chi connectivity index (χ4v) is 3.70. The van der Waals surface area contributed by atoms with Crippen LogP contribution in [0.25, 0.3) is 0 Å². The molecule has 0 aromatic rings. The number of aliphatic hydroxyl groups excluding tert-OH is 1. The lowest BCUT2D eigenvalue weighted by Gasteiger charge is -2.34. The van der Waals surface area contributed by atoms with Gasteiger partial charge in [0.15, 0.2) is 0 Å². The molecule has 3 nitrogen and oxygen atoms in total. The van der Waals surface area contributed by atoms with Gasteiger partial charge in [0.25, 0.3) is 0 Å². The van der Waals surface area contributed by atoms with Crippen LogP contribution in [0.2, 0.25) is 0 Å². The number of nitrogens with one attached hydrogen (secondary N) is 1. The van der Waals surface area contributed by atoms with Crippen molar-refractivity contribution in [2.45, 2.75) is 77.7 Å². The van der Waals surface area contributed by atoms with Crippen LogP contribution < -0.4 is 5.32 Å². The maximum absolute atomic E-state index is 12.1. The zero-order valence-corrected chi connectivity index (χ0v) is 13.2. The summed E-state index contributed by atoms with van der Waals surface area (Å²) >= 11 is 0. The van der Waals surface area contributed by atoms with Gasteiger partial charge in [0.2, 0.25) is 5.91 Å². The number of hydrogen-bond donors (Lipinski definition) is 2. The number of carbonyl (C=O) groups excluding carboxylic acids is 1. The van der Waals surface area contributed by atoms with Gasteiger partial charge in [0.05, 0.1) is 0 Å². The van der Waals surface area contributed by atoms with Crippen molar-refractivity contribution in [2.24, 2.45) is 17.3 Å². The molecule has 0 radical (unpaired) electrons. The predicted octanol–water partition coefficient (Wildman–Crippen LogP) is 3.26. The van der Waals surface area contributed by atoms with Gasteiger partial charge in [0, 0.05) is 19.1 Å². The number of carbonyl (C=O) groups is 1. The van der Waals surface area contributed by atoms with Crippen LogP contribution in [0, 0.1) is 17.3 Å². The molecule has 2 aliphatic rings. The van der Waals surface area contributed by atoms with Crippen LogP contribution in [-0.2, 0) is 4.79 Å². The molecule has 0 atom stereocenters. The van der Waals surface area contributed by atoms with Crippen LogP contribution >= 0.6 is 0 Å². The number of hydrogen-bond acceptors (Lipinski definition) is 2. The lowest BCUT2D eigenvalue weighted by atomic mass is 9.72. The van der Waals surface area contributed by atoms with Gasteiger partial charge >= 0.3 is 0 Å². The lowest BCUT2D eigenvalue weighted by molar-refractivity contribution is -0.123. The molecular formula is C17H31NO2. The first kappa shape index (κ1) is 15.8. The molecule has 0 aliphatic heterocycles. The summed E-state index contributed by atoms with van der Waals surface area (Å²) in [6, 6.07) is 0.352. The number of rotatable bonds is 4. The monoisotopic (exact) mass is 281 g/mol. The quantitative estimate of drug-likeness (QED) is 0.831. The van der Waals surface area contributed by atoms with Crippen molar-refractivity contribution in [1.29, 1.82) is 0 Å². The van der Waals surface area contributed by atoms with Crippen LogP contribution in [-0.4, -0.2) is 23.7 Å². The van der Waals surface area contributed by atoms with Crippen molar-refractivity contribution in [2.75, 3.05) is 6.61 Å². The zero-order chi connectivity index (χ0) is 14.6. The van der Waals surface area contributed by atoms with Gasteiger partial charge < -0.3 is 10.4 Å². The van der Waals surface area contributed by atoms with Crippen LogP contribution in [0.5, 0.6) is 0 Å². The van der Waals surface area contributed by atoms with E-state index in [0.717, 1.165) is 32.1 Å². The molecule has 0 spiro atoms. The second-order valence-corrected chi connectivity index (χ2v) is 7.78. The minimum absolute atomic E-state index is 0.252. The highest BCUT2D eigenvalue weighted by molar-refractivity contribution is 5.76. The van der Waals surface area contributed by atoms with Crippen molar-refractivity contribution >= 4 is 5.91 Å². The number of amides is 1. The molecule has 2 saturated carbocycles. The molecule has 3 heteroatoms. The van der Waals surface area contributed by atoms with Gasteiger partial charge in [-0.15, -0.1) is 0 Å². The molecule has 0 bridgehead atoms. The Balaban J connectivity index is 1.66. The fourth-order valence-electron chi connectivity index (χ4n) is 3.70. The van der Waals surface area contributed by atoms with E-state index >= 15 is 0 Å². The second-order valence-electron chi connectivity index (χ2n) is 7.78. The Morgan fingerprint density at radius 3 is 2.20 bits per heavy atom. The maximum atomic E-state index is 12.1. The Bertz CT molecular complexity index is 309. The topological polar surface area (TPSA) is 49.3 Å². The SMILES string of the molecule is CC1(C)CCC(CC(=O)NC2CCC(CO)CC2)CC1. The average molecular weight is 281 g/mol. The Kier molecular flexibility index (Phi) is 5.48. The Morgan fingerprint density at radius 2 is 1.65 bits per heavy atom. The lowest BCUT2D eigenvalue weighted by Crippen LogP contribution is -2.39. The van der Waals surface area contributed by atoms with Crippen molar-refractivity contribution in [3.05, 3.63) is 0 Å². The third-order valence-corrected chi connectivity index (χ3v) is 5.40. The molecular weight excluding hydrogens is 250 g/mol. The second kappa shape index (κ2) is 6.93. The Hall–Kier alpha value is -0.570. The van der Waals surface area contributed by atoms with Gasteiger partial charge in [-0.25, -0.2) is 0 Å². The normalized spacial score (nSPS) is 30.9. The average Bonchev–Trinajstić information content (AvgIpc) is 2.42. The Labute approximate surface area is 123 Å². The highest BCUT2D eigenvalue weighted by Crippen LogP contribution is 2.39. The highest BCUT2D eigenvalue weighted by Gasteiger charge is 2.28. The van der Waals surface area contributed by atoms with Crippen LogP contribution in [0.1, 0.15) is 71.6 Å². The van der Waals surface area contributed by atoms with Crippen molar-refractivity contribution in [3.8, 4) is 0 Å². The minimum Gasteiger partial charge on any atom is -0.396 e. The van der Waals surface area contributed by atoms with Crippen LogP contribution in [0.15, 0.2) is 0 Å². The zero-order valence-electron chi connectivity index (χ0n) is 13.2. The van der Waals surface area contributed by atoms with Crippen molar-refractivity contribution < 1.29 is 9.90 Å². The first-order valence-corrected chi connectivity index (χ1v) is 8.39. The van der Waals surface area contributed by atoms with E-state index in [0.29, 0.717) is 29.9 Å². The molecule has 0 saturated heterocycles. The van der Waals surface area contributed by atoms with E-state index in [-0.39, 0.29) is 5.91 Å². The molecule has 0 heterocycles. The Morgan fingerprint density at radius 1 is 1.05 bits per heavy atom. The first-order chi connectivity index (χ1) is 9.48. The summed E-state index contributed by atoms with van der Waals surface area (Å²) in [5, 5.41) is 12.3. The minimum atomic E-state index is 0.252. The van der Waals surface area contributed by atoms with E-state index in [4.69, 9.17) is 5.11 Å². The van der Waals surface area contributed by atoms with Crippen LogP contribution in [0.3, 0.4) is 0 Å². The fraction of sp³-hybridized carbons (Fsp3) is 0.941. The summed E-state index contributed by atoms with van der Waals surface area (Å²) < 4.78 is 0. The summed E-state index contributed by atoms with van der Waals surface area (Å²) in [6.45, 7) is 4.98. The van der Waals surface area contributed by atoms with Gasteiger partial charge in [-0.05, 0) is 68.6 Å². The first-order valence-electron chi connectivity index (χ1n) is 8.39. The molecule has 20 heavy (non-hydrogen) atoms. The van der Waals surface area contributed by atoms with Crippen molar-refractivity contribution in [1.82, 2.24) is 5.32 Å². The van der Waals surface area contributed by atoms with E-state index in [1.54, 1.807) is 0 Å². The van der Waals surface area contributed by atoms with Gasteiger partial charge in [0.1, 0.15) is 0 Å². The molecule has 2 aliphatic carbocycles. The third-order valence-electron chi connectivity index (χ3n) is 5.40. The van der Waals surface area contributed by atoms with Gasteiger partial charge in [-0.2, -0.15) is 0 Å². The third kappa shape index (κ3) is 4.76. The van der Waals surface area contributed by atoms with Gasteiger partial charge in [-0.3, -0.25) is 4.79 Å². The molecule has 0 unspecified atom stereocenters. The molecule has 1 amide bonds. The molecule has 2 N–H and O–H groups in total. The summed E-state index contributed by atoms with van der Waals surface area (Å²) in [7, 11) is 0. The molecule has 0 aromatic carbocycles. The molecule has 2 rings (SSSR count).